The number of hydrogen-bond donors (Lipinski definition) is 3. The monoisotopic (exact) mass is 695 g/mol. The molecule has 2 heterocycles. The molecule has 0 aromatic heterocycles. The minimum atomic E-state index is -1.71. The van der Waals surface area contributed by atoms with Gasteiger partial charge in [0.1, 0.15) is 48.4 Å². The molecule has 0 saturated carbocycles. The van der Waals surface area contributed by atoms with Crippen LogP contribution in [-0.2, 0) is 57.8 Å². The zero-order chi connectivity index (χ0) is 35.5. The largest absolute Gasteiger partial charge is 0.497 e. The Kier molecular flexibility index (Phi) is 13.5. The second-order valence-corrected chi connectivity index (χ2v) is 11.7. The van der Waals surface area contributed by atoms with Gasteiger partial charge in [-0.25, -0.2) is 4.79 Å². The number of nitrogens with zero attached hydrogens (tertiary/aromatic N) is 3. The summed E-state index contributed by atoms with van der Waals surface area (Å²) in [7, 11) is 2.82. The summed E-state index contributed by atoms with van der Waals surface area (Å²) in [4.78, 5) is 15.6. The number of aliphatic hydroxyl groups excluding tert-OH is 2. The molecule has 15 heteroatoms. The third-order valence-corrected chi connectivity index (χ3v) is 8.44. The minimum absolute atomic E-state index is 0.0140. The molecule has 10 atom stereocenters. The fourth-order valence-electron chi connectivity index (χ4n) is 5.89. The highest BCUT2D eigenvalue weighted by Gasteiger charge is 2.54. The number of aliphatic carboxylic acids is 1. The number of hydrogen-bond acceptors (Lipinski definition) is 12. The van der Waals surface area contributed by atoms with Gasteiger partial charge in [0.05, 0.1) is 33.5 Å². The van der Waals surface area contributed by atoms with Crippen LogP contribution in [0.15, 0.2) is 90.0 Å². The smallest absolute Gasteiger partial charge is 0.335 e. The Morgan fingerprint density at radius 3 is 1.86 bits per heavy atom. The first-order valence-corrected chi connectivity index (χ1v) is 16.0. The normalized spacial score (nSPS) is 29.5. The summed E-state index contributed by atoms with van der Waals surface area (Å²) < 4.78 is 47.3. The molecule has 268 valence electrons. The van der Waals surface area contributed by atoms with Crippen LogP contribution in [0.5, 0.6) is 5.75 Å². The summed E-state index contributed by atoms with van der Waals surface area (Å²) in [5.41, 5.74) is 12.1. The Morgan fingerprint density at radius 2 is 1.34 bits per heavy atom. The lowest BCUT2D eigenvalue weighted by atomic mass is 9.95. The topological polar surface area (TPSA) is 200 Å². The number of benzene rings is 3. The molecule has 0 radical (unpaired) electrons. The second kappa shape index (κ2) is 18.2. The SMILES string of the molecule is COc1ccc(CO[C@H]2[C@H](OCc3ccccc3)[C@@H](N=[N+]=[N-])[C@@H](O[C@H]3[C@H](OCc4ccccc4)[C@@H](O)[C@H](OC)O[C@H]3C(=O)O)O[C@@H]2CO)cc1. The third-order valence-electron chi connectivity index (χ3n) is 8.44. The Hall–Kier alpha value is -4.12. The van der Waals surface area contributed by atoms with E-state index in [0.717, 1.165) is 16.7 Å². The Labute approximate surface area is 288 Å². The Balaban J connectivity index is 1.46. The van der Waals surface area contributed by atoms with Crippen molar-refractivity contribution in [2.45, 2.75) is 81.2 Å². The standard InChI is InChI=1S/C35H41N3O12/c1-43-24-15-13-23(14-16-24)20-45-28-25(17-39)48-34(26(37-38-36)29(28)46-18-21-9-5-3-6-10-21)49-31-30(47-19-22-11-7-4-8-12-22)27(40)35(44-2)50-32(31)33(41)42/h3-16,25-32,34-35,39-40H,17-20H2,1-2H3,(H,41,42)/t25-,26-,27-,28-,29-,30-,31+,32-,34-,35-/m1/s1. The van der Waals surface area contributed by atoms with Crippen molar-refractivity contribution >= 4 is 5.97 Å². The first kappa shape index (κ1) is 37.1. The van der Waals surface area contributed by atoms with E-state index in [-0.39, 0.29) is 19.8 Å². The predicted octanol–water partition coefficient (Wildman–Crippen LogP) is 3.35. The van der Waals surface area contributed by atoms with Gasteiger partial charge in [0.15, 0.2) is 18.7 Å². The number of azide groups is 1. The molecular weight excluding hydrogens is 654 g/mol. The van der Waals surface area contributed by atoms with Gasteiger partial charge in [-0.05, 0) is 34.4 Å². The van der Waals surface area contributed by atoms with Crippen LogP contribution in [0.4, 0.5) is 0 Å². The van der Waals surface area contributed by atoms with E-state index in [0.29, 0.717) is 5.75 Å². The van der Waals surface area contributed by atoms with Crippen LogP contribution >= 0.6 is 0 Å². The highest BCUT2D eigenvalue weighted by atomic mass is 16.7. The molecule has 2 aliphatic rings. The van der Waals surface area contributed by atoms with Crippen LogP contribution in [0.25, 0.3) is 10.4 Å². The fraction of sp³-hybridized carbons (Fsp3) is 0.457. The molecule has 15 nitrogen and oxygen atoms in total. The summed E-state index contributed by atoms with van der Waals surface area (Å²) in [5.74, 6) is -0.764. The van der Waals surface area contributed by atoms with Gasteiger partial charge in [-0.2, -0.15) is 0 Å². The average molecular weight is 696 g/mol. The molecule has 0 aliphatic carbocycles. The first-order valence-electron chi connectivity index (χ1n) is 16.0. The van der Waals surface area contributed by atoms with E-state index in [4.69, 9.17) is 37.9 Å². The lowest BCUT2D eigenvalue weighted by molar-refractivity contribution is -0.346. The molecular formula is C35H41N3O12. The van der Waals surface area contributed by atoms with Crippen LogP contribution in [0.1, 0.15) is 16.7 Å². The zero-order valence-corrected chi connectivity index (χ0v) is 27.5. The molecule has 2 saturated heterocycles. The van der Waals surface area contributed by atoms with E-state index in [1.54, 1.807) is 31.4 Å². The van der Waals surface area contributed by atoms with Gasteiger partial charge in [0, 0.05) is 12.0 Å². The highest BCUT2D eigenvalue weighted by Crippen LogP contribution is 2.35. The van der Waals surface area contributed by atoms with Gasteiger partial charge in [-0.3, -0.25) is 0 Å². The number of carboxylic acid groups (broad SMARTS) is 1. The Bertz CT molecular complexity index is 1530. The molecule has 50 heavy (non-hydrogen) atoms. The molecule has 5 rings (SSSR count). The molecule has 0 spiro atoms. The summed E-state index contributed by atoms with van der Waals surface area (Å²) in [6.45, 7) is -0.434. The van der Waals surface area contributed by atoms with Gasteiger partial charge >= 0.3 is 5.97 Å². The van der Waals surface area contributed by atoms with E-state index in [2.05, 4.69) is 10.0 Å². The van der Waals surface area contributed by atoms with E-state index < -0.39 is 73.9 Å². The number of aliphatic hydroxyl groups is 2. The maximum absolute atomic E-state index is 12.5. The van der Waals surface area contributed by atoms with Crippen molar-refractivity contribution in [2.24, 2.45) is 5.11 Å². The van der Waals surface area contributed by atoms with Crippen molar-refractivity contribution < 1.29 is 58.0 Å². The third kappa shape index (κ3) is 9.15. The zero-order valence-electron chi connectivity index (χ0n) is 27.5. The van der Waals surface area contributed by atoms with Crippen molar-refractivity contribution in [3.8, 4) is 5.75 Å². The van der Waals surface area contributed by atoms with Crippen LogP contribution in [0.3, 0.4) is 0 Å². The maximum Gasteiger partial charge on any atom is 0.335 e. The fourth-order valence-corrected chi connectivity index (χ4v) is 5.89. The summed E-state index contributed by atoms with van der Waals surface area (Å²) >= 11 is 0. The van der Waals surface area contributed by atoms with Gasteiger partial charge < -0.3 is 53.2 Å². The first-order chi connectivity index (χ1) is 24.4. The molecule has 3 aromatic rings. The number of rotatable bonds is 16. The van der Waals surface area contributed by atoms with Gasteiger partial charge in [-0.15, -0.1) is 0 Å². The van der Waals surface area contributed by atoms with Crippen molar-refractivity contribution in [1.82, 2.24) is 0 Å². The lowest BCUT2D eigenvalue weighted by Gasteiger charge is -2.48. The van der Waals surface area contributed by atoms with Gasteiger partial charge in [0.2, 0.25) is 0 Å². The van der Waals surface area contributed by atoms with Crippen molar-refractivity contribution in [2.75, 3.05) is 20.8 Å². The van der Waals surface area contributed by atoms with Crippen molar-refractivity contribution in [3.63, 3.8) is 0 Å². The number of ether oxygens (including phenoxy) is 8. The van der Waals surface area contributed by atoms with E-state index in [1.165, 1.54) is 7.11 Å². The summed E-state index contributed by atoms with van der Waals surface area (Å²) in [5, 5.41) is 36.0. The maximum atomic E-state index is 12.5. The van der Waals surface area contributed by atoms with Gasteiger partial charge in [-0.1, -0.05) is 77.9 Å². The summed E-state index contributed by atoms with van der Waals surface area (Å²) in [6, 6.07) is 24.2. The van der Waals surface area contributed by atoms with E-state index >= 15 is 0 Å². The Morgan fingerprint density at radius 1 is 0.780 bits per heavy atom. The van der Waals surface area contributed by atoms with Gasteiger partial charge in [0.25, 0.3) is 0 Å². The number of carbonyl (C=O) groups is 1. The molecule has 3 N–H and O–H groups in total. The van der Waals surface area contributed by atoms with Crippen LogP contribution in [0, 0.1) is 0 Å². The van der Waals surface area contributed by atoms with E-state index in [9.17, 15) is 25.6 Å². The molecule has 2 fully saturated rings. The quantitative estimate of drug-likeness (QED) is 0.112. The lowest BCUT2D eigenvalue weighted by Crippen LogP contribution is -2.66. The number of methoxy groups -OCH3 is 2. The van der Waals surface area contributed by atoms with Crippen LogP contribution in [-0.4, -0.2) is 103 Å². The molecule has 2 aliphatic heterocycles. The van der Waals surface area contributed by atoms with Crippen molar-refractivity contribution in [3.05, 3.63) is 112 Å². The second-order valence-electron chi connectivity index (χ2n) is 11.7. The summed E-state index contributed by atoms with van der Waals surface area (Å²) in [6.07, 6.45) is -12.0. The highest BCUT2D eigenvalue weighted by molar-refractivity contribution is 5.73. The molecule has 3 aromatic carbocycles. The number of carboxylic acids is 1. The van der Waals surface area contributed by atoms with Crippen molar-refractivity contribution in [1.29, 1.82) is 0 Å². The van der Waals surface area contributed by atoms with Crippen LogP contribution in [0.2, 0.25) is 0 Å². The molecule has 0 bridgehead atoms. The minimum Gasteiger partial charge on any atom is -0.497 e. The average Bonchev–Trinajstić information content (AvgIpc) is 3.14. The van der Waals surface area contributed by atoms with Crippen LogP contribution < -0.4 is 4.74 Å². The van der Waals surface area contributed by atoms with E-state index in [1.807, 2.05) is 60.7 Å². The predicted molar refractivity (Wildman–Crippen MR) is 174 cm³/mol. The molecule has 0 unspecified atom stereocenters. The molecule has 0 amide bonds.